The number of fused-ring (bicyclic) bond motifs is 1. The number of aryl methyl sites for hydroxylation is 1. The lowest BCUT2D eigenvalue weighted by Gasteiger charge is -2.25. The number of carbonyl (C=O) groups is 2. The number of amides is 1. The number of benzene rings is 1. The fourth-order valence-corrected chi connectivity index (χ4v) is 3.26. The van der Waals surface area contributed by atoms with Crippen molar-refractivity contribution in [2.75, 3.05) is 11.9 Å². The molecule has 0 saturated carbocycles. The van der Waals surface area contributed by atoms with Crippen molar-refractivity contribution in [3.63, 3.8) is 0 Å². The number of hydrogen-bond donors (Lipinski definition) is 1. The Morgan fingerprint density at radius 1 is 1.29 bits per heavy atom. The average Bonchev–Trinajstić information content (AvgIpc) is 2.68. The molecule has 1 aromatic heterocycles. The second-order valence-electron chi connectivity index (χ2n) is 6.69. The van der Waals surface area contributed by atoms with Gasteiger partial charge in [-0.1, -0.05) is 0 Å². The molecule has 130 valence electrons. The zero-order valence-corrected chi connectivity index (χ0v) is 16.2. The molecule has 0 bridgehead atoms. The number of anilines is 1. The normalized spacial score (nSPS) is 11.6. The van der Waals surface area contributed by atoms with Gasteiger partial charge in [0.15, 0.2) is 0 Å². The van der Waals surface area contributed by atoms with Gasteiger partial charge in [0, 0.05) is 35.3 Å². The van der Waals surface area contributed by atoms with E-state index in [1.165, 1.54) is 4.90 Å². The predicted molar refractivity (Wildman–Crippen MR) is 97.0 cm³/mol. The Kier molecular flexibility index (Phi) is 4.68. The number of ether oxygens (including phenoxy) is 1. The molecule has 0 saturated heterocycles. The van der Waals surface area contributed by atoms with Crippen molar-refractivity contribution < 1.29 is 19.4 Å². The highest BCUT2D eigenvalue weighted by atomic mass is 79.9. The Labute approximate surface area is 149 Å². The number of hydrogen-bond acceptors (Lipinski definition) is 3. The standard InChI is InChI=1S/C17H21BrN2O4/c1-9-13(15(21)22)11-7-10(8-12(18)14(11)19(9)5)20(6)16(23)24-17(2,3)4/h7-8H,1-6H3,(H,21,22). The Hall–Kier alpha value is -2.02. The highest BCUT2D eigenvalue weighted by Crippen LogP contribution is 2.35. The van der Waals surface area contributed by atoms with Crippen LogP contribution < -0.4 is 4.90 Å². The van der Waals surface area contributed by atoms with Crippen molar-refractivity contribution in [3.8, 4) is 0 Å². The van der Waals surface area contributed by atoms with Gasteiger partial charge in [0.2, 0.25) is 0 Å². The van der Waals surface area contributed by atoms with E-state index < -0.39 is 17.7 Å². The lowest BCUT2D eigenvalue weighted by molar-refractivity contribution is 0.0588. The van der Waals surface area contributed by atoms with E-state index in [1.54, 1.807) is 46.9 Å². The van der Waals surface area contributed by atoms with E-state index in [-0.39, 0.29) is 5.56 Å². The van der Waals surface area contributed by atoms with Crippen LogP contribution in [0.25, 0.3) is 10.9 Å². The number of aromatic carboxylic acids is 1. The summed E-state index contributed by atoms with van der Waals surface area (Å²) in [5.74, 6) is -0.998. The number of carboxylic acid groups (broad SMARTS) is 1. The third kappa shape index (κ3) is 3.26. The fourth-order valence-electron chi connectivity index (χ4n) is 2.55. The third-order valence-corrected chi connectivity index (χ3v) is 4.39. The van der Waals surface area contributed by atoms with Crippen LogP contribution in [-0.2, 0) is 11.8 Å². The van der Waals surface area contributed by atoms with Crippen LogP contribution in [0.15, 0.2) is 16.6 Å². The van der Waals surface area contributed by atoms with Crippen molar-refractivity contribution in [2.24, 2.45) is 7.05 Å². The molecule has 24 heavy (non-hydrogen) atoms. The number of carboxylic acids is 1. The third-order valence-electron chi connectivity index (χ3n) is 3.79. The Morgan fingerprint density at radius 2 is 1.88 bits per heavy atom. The van der Waals surface area contributed by atoms with E-state index in [4.69, 9.17) is 4.74 Å². The summed E-state index contributed by atoms with van der Waals surface area (Å²) in [7, 11) is 3.41. The van der Waals surface area contributed by atoms with Crippen molar-refractivity contribution in [1.82, 2.24) is 4.57 Å². The number of aromatic nitrogens is 1. The van der Waals surface area contributed by atoms with Crippen molar-refractivity contribution in [1.29, 1.82) is 0 Å². The largest absolute Gasteiger partial charge is 0.478 e. The summed E-state index contributed by atoms with van der Waals surface area (Å²) in [6.07, 6.45) is -0.502. The van der Waals surface area contributed by atoms with Gasteiger partial charge in [-0.3, -0.25) is 4.90 Å². The lowest BCUT2D eigenvalue weighted by Crippen LogP contribution is -2.34. The second kappa shape index (κ2) is 6.12. The quantitative estimate of drug-likeness (QED) is 0.820. The van der Waals surface area contributed by atoms with E-state index in [9.17, 15) is 14.7 Å². The summed E-state index contributed by atoms with van der Waals surface area (Å²) < 4.78 is 7.89. The summed E-state index contributed by atoms with van der Waals surface area (Å²) in [4.78, 5) is 25.3. The van der Waals surface area contributed by atoms with E-state index in [0.29, 0.717) is 21.2 Å². The van der Waals surface area contributed by atoms with Crippen LogP contribution >= 0.6 is 15.9 Å². The van der Waals surface area contributed by atoms with E-state index >= 15 is 0 Å². The highest BCUT2D eigenvalue weighted by molar-refractivity contribution is 9.10. The van der Waals surface area contributed by atoms with Crippen LogP contribution in [0.5, 0.6) is 0 Å². The molecular weight excluding hydrogens is 376 g/mol. The molecule has 2 rings (SSSR count). The number of nitrogens with zero attached hydrogens (tertiary/aromatic N) is 2. The van der Waals surface area contributed by atoms with E-state index in [0.717, 1.165) is 5.52 Å². The Balaban J connectivity index is 2.60. The molecule has 0 atom stereocenters. The number of carbonyl (C=O) groups excluding carboxylic acids is 1. The van der Waals surface area contributed by atoms with Gasteiger partial charge >= 0.3 is 12.1 Å². The van der Waals surface area contributed by atoms with Crippen LogP contribution in [0.2, 0.25) is 0 Å². The first-order chi connectivity index (χ1) is 10.9. The van der Waals surface area contributed by atoms with Gasteiger partial charge in [-0.2, -0.15) is 0 Å². The first kappa shape index (κ1) is 18.3. The van der Waals surface area contributed by atoms with E-state index in [1.807, 2.05) is 11.6 Å². The minimum absolute atomic E-state index is 0.229. The van der Waals surface area contributed by atoms with Gasteiger partial charge in [-0.05, 0) is 55.8 Å². The van der Waals surface area contributed by atoms with Crippen molar-refractivity contribution >= 4 is 44.6 Å². The van der Waals surface area contributed by atoms with Gasteiger partial charge in [-0.15, -0.1) is 0 Å². The molecule has 0 fully saturated rings. The molecule has 1 amide bonds. The topological polar surface area (TPSA) is 71.8 Å². The first-order valence-electron chi connectivity index (χ1n) is 7.42. The molecule has 1 aromatic carbocycles. The summed E-state index contributed by atoms with van der Waals surface area (Å²) in [6, 6.07) is 3.47. The van der Waals surface area contributed by atoms with Gasteiger partial charge in [0.1, 0.15) is 5.60 Å². The number of halogens is 1. The molecule has 6 nitrogen and oxygen atoms in total. The predicted octanol–water partition coefficient (Wildman–Crippen LogP) is 4.32. The maximum absolute atomic E-state index is 12.3. The van der Waals surface area contributed by atoms with Crippen LogP contribution in [0, 0.1) is 6.92 Å². The van der Waals surface area contributed by atoms with Crippen LogP contribution in [0.1, 0.15) is 36.8 Å². The van der Waals surface area contributed by atoms with Crippen LogP contribution in [0.4, 0.5) is 10.5 Å². The summed E-state index contributed by atoms with van der Waals surface area (Å²) in [6.45, 7) is 7.13. The maximum atomic E-state index is 12.3. The summed E-state index contributed by atoms with van der Waals surface area (Å²) in [5, 5.41) is 10.1. The molecule has 0 aliphatic carbocycles. The zero-order valence-electron chi connectivity index (χ0n) is 14.6. The van der Waals surface area contributed by atoms with Gasteiger partial charge in [-0.25, -0.2) is 9.59 Å². The minimum atomic E-state index is -0.998. The van der Waals surface area contributed by atoms with Crippen molar-refractivity contribution in [2.45, 2.75) is 33.3 Å². The van der Waals surface area contributed by atoms with E-state index in [2.05, 4.69) is 15.9 Å². The molecule has 0 aliphatic rings. The highest BCUT2D eigenvalue weighted by Gasteiger charge is 2.24. The molecule has 0 spiro atoms. The fraction of sp³-hybridized carbons (Fsp3) is 0.412. The van der Waals surface area contributed by atoms with Gasteiger partial charge in [0.05, 0.1) is 11.1 Å². The number of rotatable bonds is 2. The molecule has 1 heterocycles. The molecular formula is C17H21BrN2O4. The summed E-state index contributed by atoms with van der Waals surface area (Å²) in [5.41, 5.74) is 1.59. The molecule has 0 aliphatic heterocycles. The average molecular weight is 397 g/mol. The minimum Gasteiger partial charge on any atom is -0.478 e. The monoisotopic (exact) mass is 396 g/mol. The molecule has 7 heteroatoms. The van der Waals surface area contributed by atoms with Crippen LogP contribution in [0.3, 0.4) is 0 Å². The lowest BCUT2D eigenvalue weighted by atomic mass is 10.1. The zero-order chi connectivity index (χ0) is 18.4. The second-order valence-corrected chi connectivity index (χ2v) is 7.54. The summed E-state index contributed by atoms with van der Waals surface area (Å²) >= 11 is 3.48. The van der Waals surface area contributed by atoms with Crippen molar-refractivity contribution in [3.05, 3.63) is 27.9 Å². The molecule has 2 aromatic rings. The molecule has 1 N–H and O–H groups in total. The smallest absolute Gasteiger partial charge is 0.414 e. The molecule has 0 unspecified atom stereocenters. The van der Waals surface area contributed by atoms with Gasteiger partial charge in [0.25, 0.3) is 0 Å². The molecule has 0 radical (unpaired) electrons. The maximum Gasteiger partial charge on any atom is 0.414 e. The first-order valence-corrected chi connectivity index (χ1v) is 8.22. The Bertz CT molecular complexity index is 833. The van der Waals surface area contributed by atoms with Gasteiger partial charge < -0.3 is 14.4 Å². The van der Waals surface area contributed by atoms with Crippen LogP contribution in [-0.4, -0.2) is 34.4 Å². The Morgan fingerprint density at radius 3 is 2.38 bits per heavy atom. The SMILES string of the molecule is Cc1c(C(=O)O)c2cc(N(C)C(=O)OC(C)(C)C)cc(Br)c2n1C.